The molecular formula is C21H24F2N4O. The van der Waals surface area contributed by atoms with E-state index in [2.05, 4.69) is 16.4 Å². The molecule has 1 fully saturated rings. The molecule has 0 amide bonds. The van der Waals surface area contributed by atoms with Gasteiger partial charge in [-0.3, -0.25) is 4.79 Å². The van der Waals surface area contributed by atoms with Crippen LogP contribution in [0, 0.1) is 0 Å². The molecule has 1 saturated carbocycles. The number of fused-ring (bicyclic) bond motifs is 1. The second-order valence-corrected chi connectivity index (χ2v) is 7.71. The number of hydrogen-bond acceptors (Lipinski definition) is 4. The quantitative estimate of drug-likeness (QED) is 0.868. The maximum Gasteiger partial charge on any atom is 0.250 e. The van der Waals surface area contributed by atoms with Crippen LogP contribution in [0.2, 0.25) is 0 Å². The second-order valence-electron chi connectivity index (χ2n) is 7.71. The van der Waals surface area contributed by atoms with Gasteiger partial charge in [-0.2, -0.15) is 0 Å². The van der Waals surface area contributed by atoms with Crippen LogP contribution in [-0.4, -0.2) is 26.5 Å². The number of alkyl halides is 2. The van der Waals surface area contributed by atoms with Crippen LogP contribution in [-0.2, 0) is 13.5 Å². The molecule has 7 heteroatoms. The fourth-order valence-electron chi connectivity index (χ4n) is 3.92. The molecule has 0 spiro atoms. The van der Waals surface area contributed by atoms with E-state index in [0.29, 0.717) is 18.8 Å². The maximum absolute atomic E-state index is 13.4. The SMILES string of the molecule is Cn1cc(C2=CCCCc3nc(NC4CCC(F)(F)CC4)ncc32)ccc1=O. The zero-order chi connectivity index (χ0) is 19.7. The van der Waals surface area contributed by atoms with Gasteiger partial charge in [-0.05, 0) is 49.3 Å². The first kappa shape index (κ1) is 18.8. The first-order valence-corrected chi connectivity index (χ1v) is 9.79. The van der Waals surface area contributed by atoms with E-state index in [4.69, 9.17) is 4.98 Å². The fourth-order valence-corrected chi connectivity index (χ4v) is 3.92. The Morgan fingerprint density at radius 3 is 2.79 bits per heavy atom. The standard InChI is InChI=1S/C21H24F2N4O/c1-27-13-14(6-7-19(27)28)16-4-2-3-5-18-17(16)12-24-20(26-18)25-15-8-10-21(22,23)11-9-15/h4,6-7,12-13,15H,2-3,5,8-11H2,1H3,(H,24,25,26). The molecule has 0 aromatic carbocycles. The highest BCUT2D eigenvalue weighted by atomic mass is 19.3. The predicted octanol–water partition coefficient (Wildman–Crippen LogP) is 3.93. The van der Waals surface area contributed by atoms with Gasteiger partial charge in [0.1, 0.15) is 0 Å². The van der Waals surface area contributed by atoms with Crippen molar-refractivity contribution < 1.29 is 8.78 Å². The van der Waals surface area contributed by atoms with Crippen LogP contribution in [0.15, 0.2) is 35.4 Å². The molecular weight excluding hydrogens is 362 g/mol. The summed E-state index contributed by atoms with van der Waals surface area (Å²) in [6, 6.07) is 3.38. The number of allylic oxidation sites excluding steroid dienone is 1. The fraction of sp³-hybridized carbons (Fsp3) is 0.476. The van der Waals surface area contributed by atoms with Gasteiger partial charge in [-0.25, -0.2) is 18.7 Å². The Hall–Kier alpha value is -2.57. The van der Waals surface area contributed by atoms with Crippen molar-refractivity contribution in [2.24, 2.45) is 7.05 Å². The first-order chi connectivity index (χ1) is 13.4. The maximum atomic E-state index is 13.4. The third-order valence-corrected chi connectivity index (χ3v) is 5.57. The van der Waals surface area contributed by atoms with Crippen molar-refractivity contribution in [1.82, 2.24) is 14.5 Å². The van der Waals surface area contributed by atoms with Crippen molar-refractivity contribution >= 4 is 11.5 Å². The molecule has 0 saturated heterocycles. The highest BCUT2D eigenvalue weighted by molar-refractivity contribution is 5.80. The molecule has 2 aliphatic rings. The van der Waals surface area contributed by atoms with Crippen LogP contribution in [0.3, 0.4) is 0 Å². The van der Waals surface area contributed by atoms with E-state index in [9.17, 15) is 13.6 Å². The van der Waals surface area contributed by atoms with E-state index < -0.39 is 5.92 Å². The molecule has 0 aliphatic heterocycles. The van der Waals surface area contributed by atoms with Gasteiger partial charge in [0.15, 0.2) is 0 Å². The zero-order valence-corrected chi connectivity index (χ0v) is 15.9. The molecule has 0 bridgehead atoms. The van der Waals surface area contributed by atoms with Gasteiger partial charge in [0.05, 0.1) is 5.69 Å². The molecule has 0 unspecified atom stereocenters. The van der Waals surface area contributed by atoms with E-state index in [-0.39, 0.29) is 24.4 Å². The van der Waals surface area contributed by atoms with Crippen molar-refractivity contribution in [2.75, 3.05) is 5.32 Å². The lowest BCUT2D eigenvalue weighted by molar-refractivity contribution is -0.0361. The molecule has 0 atom stereocenters. The number of rotatable bonds is 3. The summed E-state index contributed by atoms with van der Waals surface area (Å²) < 4.78 is 28.3. The average molecular weight is 386 g/mol. The number of anilines is 1. The number of aryl methyl sites for hydroxylation is 2. The Morgan fingerprint density at radius 1 is 1.25 bits per heavy atom. The molecule has 4 rings (SSSR count). The normalized spacial score (nSPS) is 19.5. The van der Waals surface area contributed by atoms with Crippen LogP contribution in [0.25, 0.3) is 5.57 Å². The molecule has 2 aliphatic carbocycles. The molecule has 148 valence electrons. The Kier molecular flexibility index (Phi) is 5.00. The number of pyridine rings is 1. The molecule has 1 N–H and O–H groups in total. The van der Waals surface area contributed by atoms with Gasteiger partial charge in [0, 0.05) is 50.0 Å². The number of halogens is 2. The Morgan fingerprint density at radius 2 is 2.04 bits per heavy atom. The lowest BCUT2D eigenvalue weighted by atomic mass is 9.92. The van der Waals surface area contributed by atoms with Crippen molar-refractivity contribution in [3.8, 4) is 0 Å². The minimum atomic E-state index is -2.54. The van der Waals surface area contributed by atoms with Crippen LogP contribution < -0.4 is 10.9 Å². The number of aromatic nitrogens is 3. The van der Waals surface area contributed by atoms with Gasteiger partial charge in [-0.15, -0.1) is 0 Å². The summed E-state index contributed by atoms with van der Waals surface area (Å²) in [5, 5.41) is 3.24. The van der Waals surface area contributed by atoms with E-state index in [1.54, 1.807) is 17.7 Å². The van der Waals surface area contributed by atoms with Gasteiger partial charge in [0.2, 0.25) is 17.4 Å². The Balaban J connectivity index is 1.58. The molecule has 0 radical (unpaired) electrons. The topological polar surface area (TPSA) is 59.8 Å². The minimum absolute atomic E-state index is 0.0119. The van der Waals surface area contributed by atoms with E-state index in [1.165, 1.54) is 0 Å². The van der Waals surface area contributed by atoms with Gasteiger partial charge in [0.25, 0.3) is 0 Å². The Labute approximate surface area is 162 Å². The number of hydrogen-bond donors (Lipinski definition) is 1. The second kappa shape index (κ2) is 7.45. The first-order valence-electron chi connectivity index (χ1n) is 9.79. The predicted molar refractivity (Wildman–Crippen MR) is 105 cm³/mol. The van der Waals surface area contributed by atoms with Crippen molar-refractivity contribution in [3.05, 3.63) is 57.8 Å². The van der Waals surface area contributed by atoms with Gasteiger partial charge in [-0.1, -0.05) is 6.08 Å². The van der Waals surface area contributed by atoms with E-state index in [1.807, 2.05) is 18.5 Å². The smallest absolute Gasteiger partial charge is 0.250 e. The molecule has 2 aromatic heterocycles. The van der Waals surface area contributed by atoms with Crippen molar-refractivity contribution in [3.63, 3.8) is 0 Å². The lowest BCUT2D eigenvalue weighted by Crippen LogP contribution is -2.32. The summed E-state index contributed by atoms with van der Waals surface area (Å²) in [7, 11) is 1.74. The van der Waals surface area contributed by atoms with E-state index in [0.717, 1.165) is 41.7 Å². The summed E-state index contributed by atoms with van der Waals surface area (Å²) in [6.07, 6.45) is 9.23. The molecule has 2 heterocycles. The van der Waals surface area contributed by atoms with Crippen LogP contribution in [0.5, 0.6) is 0 Å². The average Bonchev–Trinajstić information content (AvgIpc) is 2.88. The van der Waals surface area contributed by atoms with Gasteiger partial charge >= 0.3 is 0 Å². The molecule has 5 nitrogen and oxygen atoms in total. The van der Waals surface area contributed by atoms with Crippen LogP contribution in [0.4, 0.5) is 14.7 Å². The summed E-state index contributed by atoms with van der Waals surface area (Å²) in [5.74, 6) is -2.03. The summed E-state index contributed by atoms with van der Waals surface area (Å²) >= 11 is 0. The third kappa shape index (κ3) is 3.98. The third-order valence-electron chi connectivity index (χ3n) is 5.57. The highest BCUT2D eigenvalue weighted by Gasteiger charge is 2.35. The number of nitrogens with zero attached hydrogens (tertiary/aromatic N) is 3. The van der Waals surface area contributed by atoms with Crippen molar-refractivity contribution in [1.29, 1.82) is 0 Å². The highest BCUT2D eigenvalue weighted by Crippen LogP contribution is 2.34. The Bertz CT molecular complexity index is 957. The monoisotopic (exact) mass is 386 g/mol. The largest absolute Gasteiger partial charge is 0.351 e. The summed E-state index contributed by atoms with van der Waals surface area (Å²) in [4.78, 5) is 20.9. The van der Waals surface area contributed by atoms with Crippen LogP contribution >= 0.6 is 0 Å². The zero-order valence-electron chi connectivity index (χ0n) is 15.9. The summed E-state index contributed by atoms with van der Waals surface area (Å²) in [5.41, 5.74) is 3.87. The van der Waals surface area contributed by atoms with Gasteiger partial charge < -0.3 is 9.88 Å². The molecule has 28 heavy (non-hydrogen) atoms. The molecule has 2 aromatic rings. The number of nitrogens with one attached hydrogen (secondary N) is 1. The summed E-state index contributed by atoms with van der Waals surface area (Å²) in [6.45, 7) is 0. The van der Waals surface area contributed by atoms with E-state index >= 15 is 0 Å². The minimum Gasteiger partial charge on any atom is -0.351 e. The van der Waals surface area contributed by atoms with Crippen molar-refractivity contribution in [2.45, 2.75) is 56.9 Å². The van der Waals surface area contributed by atoms with Crippen LogP contribution in [0.1, 0.15) is 55.3 Å². The lowest BCUT2D eigenvalue weighted by Gasteiger charge is -2.28.